The zero-order valence-electron chi connectivity index (χ0n) is 21.5. The van der Waals surface area contributed by atoms with Crippen LogP contribution >= 0.6 is 0 Å². The normalized spacial score (nSPS) is 30.7. The van der Waals surface area contributed by atoms with Crippen molar-refractivity contribution in [2.75, 3.05) is 6.61 Å². The van der Waals surface area contributed by atoms with E-state index < -0.39 is 10.1 Å². The van der Waals surface area contributed by atoms with Crippen molar-refractivity contribution in [1.82, 2.24) is 0 Å². The monoisotopic (exact) mass is 462 g/mol. The largest absolute Gasteiger partial charge is 0.296 e. The van der Waals surface area contributed by atoms with Gasteiger partial charge in [-0.05, 0) is 91.6 Å². The Morgan fingerprint density at radius 3 is 2.41 bits per heavy atom. The van der Waals surface area contributed by atoms with Crippen molar-refractivity contribution in [2.45, 2.75) is 98.3 Å². The molecule has 2 aliphatic carbocycles. The fourth-order valence-electron chi connectivity index (χ4n) is 6.86. The highest BCUT2D eigenvalue weighted by atomic mass is 32.2. The molecule has 0 saturated heterocycles. The molecule has 3 rings (SSSR count). The number of rotatable bonds is 8. The standard InChI is InChI=1S/C28H46O3S/c1-20-10-12-24(13-11-20)32(29,30)31-19-23(16-18-27(4,5)6)22(3)26-15-14-25-21(2)9-8-17-28(25,26)7/h10-13,21-23,25-26H,8-9,14-19H2,1-7H3/t21-,22+,23?,25?,26?,28-/m0/s1. The molecular weight excluding hydrogens is 416 g/mol. The number of fused-ring (bicyclic) bond motifs is 1. The van der Waals surface area contributed by atoms with Crippen molar-refractivity contribution < 1.29 is 12.6 Å². The van der Waals surface area contributed by atoms with Crippen LogP contribution < -0.4 is 0 Å². The third kappa shape index (κ3) is 5.78. The molecule has 4 heteroatoms. The first kappa shape index (κ1) is 25.7. The van der Waals surface area contributed by atoms with Crippen LogP contribution in [-0.4, -0.2) is 15.0 Å². The van der Waals surface area contributed by atoms with Gasteiger partial charge in [-0.2, -0.15) is 8.42 Å². The Morgan fingerprint density at radius 1 is 1.12 bits per heavy atom. The number of benzene rings is 1. The molecule has 0 spiro atoms. The van der Waals surface area contributed by atoms with Gasteiger partial charge in [-0.15, -0.1) is 0 Å². The molecule has 0 bridgehead atoms. The van der Waals surface area contributed by atoms with E-state index >= 15 is 0 Å². The molecule has 32 heavy (non-hydrogen) atoms. The topological polar surface area (TPSA) is 43.4 Å². The van der Waals surface area contributed by atoms with E-state index in [9.17, 15) is 8.42 Å². The summed E-state index contributed by atoms with van der Waals surface area (Å²) in [6, 6.07) is 6.98. The molecule has 0 aromatic heterocycles. The van der Waals surface area contributed by atoms with Crippen LogP contribution in [-0.2, 0) is 14.3 Å². The first-order chi connectivity index (χ1) is 14.8. The van der Waals surface area contributed by atoms with E-state index in [-0.39, 0.29) is 16.2 Å². The minimum Gasteiger partial charge on any atom is -0.266 e. The lowest BCUT2D eigenvalue weighted by molar-refractivity contribution is 0.0130. The van der Waals surface area contributed by atoms with Crippen LogP contribution in [0.4, 0.5) is 0 Å². The molecule has 3 unspecified atom stereocenters. The highest BCUT2D eigenvalue weighted by Crippen LogP contribution is 2.60. The van der Waals surface area contributed by atoms with Gasteiger partial charge in [0, 0.05) is 0 Å². The number of hydrogen-bond donors (Lipinski definition) is 0. The second kappa shape index (κ2) is 9.78. The maximum atomic E-state index is 12.9. The second-order valence-corrected chi connectivity index (χ2v) is 14.1. The van der Waals surface area contributed by atoms with E-state index in [4.69, 9.17) is 4.18 Å². The van der Waals surface area contributed by atoms with Gasteiger partial charge >= 0.3 is 0 Å². The molecule has 0 amide bonds. The van der Waals surface area contributed by atoms with Gasteiger partial charge in [-0.1, -0.05) is 72.1 Å². The quantitative estimate of drug-likeness (QED) is 0.373. The Bertz CT molecular complexity index is 852. The van der Waals surface area contributed by atoms with Gasteiger partial charge in [0.25, 0.3) is 10.1 Å². The van der Waals surface area contributed by atoms with Crippen LogP contribution in [0.5, 0.6) is 0 Å². The molecule has 182 valence electrons. The molecular formula is C28H46O3S. The van der Waals surface area contributed by atoms with Crippen molar-refractivity contribution in [3.63, 3.8) is 0 Å². The maximum absolute atomic E-state index is 12.9. The molecule has 2 fully saturated rings. The van der Waals surface area contributed by atoms with Crippen molar-refractivity contribution >= 4 is 10.1 Å². The van der Waals surface area contributed by atoms with E-state index in [1.165, 1.54) is 32.1 Å². The summed E-state index contributed by atoms with van der Waals surface area (Å²) in [7, 11) is -3.73. The van der Waals surface area contributed by atoms with Crippen molar-refractivity contribution in [2.24, 2.45) is 40.4 Å². The highest BCUT2D eigenvalue weighted by Gasteiger charge is 2.52. The molecule has 2 aliphatic rings. The van der Waals surface area contributed by atoms with Crippen molar-refractivity contribution in [1.29, 1.82) is 0 Å². The summed E-state index contributed by atoms with van der Waals surface area (Å²) in [6.45, 7) is 16.4. The summed E-state index contributed by atoms with van der Waals surface area (Å²) in [5.41, 5.74) is 1.67. The Morgan fingerprint density at radius 2 is 1.78 bits per heavy atom. The van der Waals surface area contributed by atoms with Gasteiger partial charge in [-0.25, -0.2) is 0 Å². The highest BCUT2D eigenvalue weighted by molar-refractivity contribution is 7.86. The Labute approximate surface area is 197 Å². The molecule has 0 N–H and O–H groups in total. The van der Waals surface area contributed by atoms with Crippen LogP contribution in [0.15, 0.2) is 29.2 Å². The molecule has 3 nitrogen and oxygen atoms in total. The fraction of sp³-hybridized carbons (Fsp3) is 0.786. The van der Waals surface area contributed by atoms with Crippen LogP contribution in [0.2, 0.25) is 0 Å². The van der Waals surface area contributed by atoms with E-state index in [0.717, 1.165) is 30.2 Å². The Kier molecular flexibility index (Phi) is 7.87. The lowest BCUT2D eigenvalue weighted by atomic mass is 9.58. The zero-order chi connectivity index (χ0) is 23.7. The minimum absolute atomic E-state index is 0.231. The van der Waals surface area contributed by atoms with Crippen molar-refractivity contribution in [3.05, 3.63) is 29.8 Å². The smallest absolute Gasteiger partial charge is 0.266 e. The van der Waals surface area contributed by atoms with E-state index in [2.05, 4.69) is 41.5 Å². The van der Waals surface area contributed by atoms with E-state index in [0.29, 0.717) is 23.9 Å². The zero-order valence-corrected chi connectivity index (χ0v) is 22.3. The van der Waals surface area contributed by atoms with Crippen molar-refractivity contribution in [3.8, 4) is 0 Å². The van der Waals surface area contributed by atoms with Crippen LogP contribution in [0.25, 0.3) is 0 Å². The van der Waals surface area contributed by atoms with E-state index in [1.54, 1.807) is 12.1 Å². The molecule has 0 aliphatic heterocycles. The molecule has 6 atom stereocenters. The summed E-state index contributed by atoms with van der Waals surface area (Å²) < 4.78 is 31.5. The molecule has 1 aromatic carbocycles. The van der Waals surface area contributed by atoms with Crippen LogP contribution in [0.1, 0.15) is 92.1 Å². The first-order valence-corrected chi connectivity index (χ1v) is 14.2. The SMILES string of the molecule is Cc1ccc(S(=O)(=O)OCC(CCC(C)(C)C)[C@@H](C)C2CCC3[C@@H](C)CCC[C@]23C)cc1. The first-order valence-electron chi connectivity index (χ1n) is 12.8. The summed E-state index contributed by atoms with van der Waals surface area (Å²) in [5, 5.41) is 0. The molecule has 2 saturated carbocycles. The second-order valence-electron chi connectivity index (χ2n) is 12.4. The Hall–Kier alpha value is -0.870. The predicted octanol–water partition coefficient (Wildman–Crippen LogP) is 7.63. The number of hydrogen-bond acceptors (Lipinski definition) is 3. The summed E-state index contributed by atoms with van der Waals surface area (Å²) >= 11 is 0. The fourth-order valence-corrected chi connectivity index (χ4v) is 7.82. The minimum atomic E-state index is -3.73. The third-order valence-corrected chi connectivity index (χ3v) is 10.2. The van der Waals surface area contributed by atoms with Crippen LogP contribution in [0, 0.1) is 47.3 Å². The van der Waals surface area contributed by atoms with Gasteiger partial charge < -0.3 is 0 Å². The molecule has 0 radical (unpaired) electrons. The van der Waals surface area contributed by atoms with Gasteiger partial charge in [0.1, 0.15) is 0 Å². The summed E-state index contributed by atoms with van der Waals surface area (Å²) in [5.74, 6) is 3.02. The third-order valence-electron chi connectivity index (χ3n) is 8.93. The Balaban J connectivity index is 1.77. The van der Waals surface area contributed by atoms with E-state index in [1.807, 2.05) is 19.1 Å². The average Bonchev–Trinajstić information content (AvgIpc) is 3.05. The van der Waals surface area contributed by atoms with Gasteiger partial charge in [-0.3, -0.25) is 4.18 Å². The maximum Gasteiger partial charge on any atom is 0.296 e. The lowest BCUT2D eigenvalue weighted by Gasteiger charge is -2.47. The van der Waals surface area contributed by atoms with Gasteiger partial charge in [0.05, 0.1) is 11.5 Å². The predicted molar refractivity (Wildman–Crippen MR) is 133 cm³/mol. The number of aryl methyl sites for hydroxylation is 1. The summed E-state index contributed by atoms with van der Waals surface area (Å²) in [4.78, 5) is 0.263. The van der Waals surface area contributed by atoms with Gasteiger partial charge in [0.15, 0.2) is 0 Å². The average molecular weight is 463 g/mol. The summed E-state index contributed by atoms with van der Waals surface area (Å²) in [6.07, 6.45) is 8.74. The molecule has 1 aromatic rings. The lowest BCUT2D eigenvalue weighted by Crippen LogP contribution is -2.40. The molecule has 0 heterocycles. The van der Waals surface area contributed by atoms with Crippen LogP contribution in [0.3, 0.4) is 0 Å². The van der Waals surface area contributed by atoms with Gasteiger partial charge in [0.2, 0.25) is 0 Å².